The van der Waals surface area contributed by atoms with Crippen LogP contribution < -0.4 is 10.5 Å². The van der Waals surface area contributed by atoms with Crippen molar-refractivity contribution in [3.63, 3.8) is 0 Å². The molecular formula is C10H15N3O6. The van der Waals surface area contributed by atoms with Crippen LogP contribution in [-0.4, -0.2) is 61.9 Å². The smallest absolute Gasteiger partial charge is 0.270 e. The van der Waals surface area contributed by atoms with Gasteiger partial charge in [-0.1, -0.05) is 0 Å². The molecule has 0 aromatic carbocycles. The summed E-state index contributed by atoms with van der Waals surface area (Å²) < 4.78 is 10.4. The van der Waals surface area contributed by atoms with Crippen LogP contribution in [0.2, 0.25) is 0 Å². The number of hydrogen-bond donors (Lipinski definition) is 5. The number of imidazole rings is 1. The molecule has 9 nitrogen and oxygen atoms in total. The van der Waals surface area contributed by atoms with Crippen LogP contribution in [0.5, 0.6) is 5.88 Å². The minimum absolute atomic E-state index is 0.0796. The summed E-state index contributed by atoms with van der Waals surface area (Å²) in [6.07, 6.45) is -4.97. The number of ether oxygens (including phenoxy) is 2. The molecule has 2 rings (SSSR count). The van der Waals surface area contributed by atoms with Crippen molar-refractivity contribution < 1.29 is 29.6 Å². The van der Waals surface area contributed by atoms with Crippen LogP contribution in [0.25, 0.3) is 0 Å². The number of aliphatic hydroxyl groups excluding tert-OH is 3. The Bertz CT molecular complexity index is 464. The fraction of sp³-hybridized carbons (Fsp3) is 0.600. The molecule has 5 atom stereocenters. The first kappa shape index (κ1) is 13.7. The highest BCUT2D eigenvalue weighted by atomic mass is 16.7. The largest absolute Gasteiger partial charge is 0.443 e. The van der Waals surface area contributed by atoms with Gasteiger partial charge < -0.3 is 35.5 Å². The Morgan fingerprint density at radius 2 is 2.11 bits per heavy atom. The van der Waals surface area contributed by atoms with Crippen molar-refractivity contribution in [3.05, 3.63) is 12.0 Å². The third kappa shape index (κ3) is 2.54. The van der Waals surface area contributed by atoms with Gasteiger partial charge in [-0.25, -0.2) is 4.98 Å². The van der Waals surface area contributed by atoms with Crippen LogP contribution in [0, 0.1) is 0 Å². The number of aromatic amines is 1. The van der Waals surface area contributed by atoms with Gasteiger partial charge >= 0.3 is 0 Å². The summed E-state index contributed by atoms with van der Waals surface area (Å²) in [5, 5.41) is 28.9. The lowest BCUT2D eigenvalue weighted by atomic mass is 10.0. The summed E-state index contributed by atoms with van der Waals surface area (Å²) in [4.78, 5) is 17.3. The van der Waals surface area contributed by atoms with Crippen LogP contribution in [-0.2, 0) is 4.74 Å². The molecular weight excluding hydrogens is 258 g/mol. The van der Waals surface area contributed by atoms with Crippen LogP contribution in [0.3, 0.4) is 0 Å². The van der Waals surface area contributed by atoms with Gasteiger partial charge in [-0.15, -0.1) is 0 Å². The molecule has 0 saturated carbocycles. The maximum absolute atomic E-state index is 11.1. The van der Waals surface area contributed by atoms with E-state index in [0.717, 1.165) is 0 Å². The number of amides is 1. The van der Waals surface area contributed by atoms with E-state index in [9.17, 15) is 20.1 Å². The number of nitrogens with one attached hydrogen (secondary N) is 1. The van der Waals surface area contributed by atoms with Crippen molar-refractivity contribution in [2.75, 3.05) is 0 Å². The molecule has 9 heteroatoms. The van der Waals surface area contributed by atoms with Crippen molar-refractivity contribution in [1.29, 1.82) is 0 Å². The molecule has 0 aliphatic carbocycles. The van der Waals surface area contributed by atoms with Gasteiger partial charge in [0.1, 0.15) is 18.3 Å². The number of nitrogens with zero attached hydrogens (tertiary/aromatic N) is 1. The SMILES string of the molecule is C[C@@H]1O[C@@H](Oc2nc[nH]c2C(N)=O)[C@H](O)[C@H](O)[C@H]1O. The molecule has 2 heterocycles. The van der Waals surface area contributed by atoms with Crippen molar-refractivity contribution in [3.8, 4) is 5.88 Å². The zero-order chi connectivity index (χ0) is 14.2. The second-order valence-corrected chi connectivity index (χ2v) is 4.25. The van der Waals surface area contributed by atoms with Crippen molar-refractivity contribution in [1.82, 2.24) is 9.97 Å². The summed E-state index contributed by atoms with van der Waals surface area (Å²) in [5.74, 6) is -0.932. The first-order valence-electron chi connectivity index (χ1n) is 5.61. The summed E-state index contributed by atoms with van der Waals surface area (Å²) in [7, 11) is 0. The quantitative estimate of drug-likeness (QED) is 0.416. The van der Waals surface area contributed by atoms with Crippen LogP contribution in [0.1, 0.15) is 17.4 Å². The molecule has 0 spiro atoms. The molecule has 0 radical (unpaired) electrons. The number of aromatic nitrogens is 2. The van der Waals surface area contributed by atoms with E-state index in [4.69, 9.17) is 15.2 Å². The first-order valence-corrected chi connectivity index (χ1v) is 5.61. The molecule has 1 aliphatic heterocycles. The highest BCUT2D eigenvalue weighted by Gasteiger charge is 2.43. The van der Waals surface area contributed by atoms with E-state index in [-0.39, 0.29) is 11.6 Å². The molecule has 1 amide bonds. The van der Waals surface area contributed by atoms with E-state index in [0.29, 0.717) is 0 Å². The Morgan fingerprint density at radius 3 is 2.74 bits per heavy atom. The molecule has 0 bridgehead atoms. The number of H-pyrrole nitrogens is 1. The van der Waals surface area contributed by atoms with Crippen molar-refractivity contribution in [2.45, 2.75) is 37.6 Å². The van der Waals surface area contributed by atoms with Gasteiger partial charge in [0.15, 0.2) is 5.69 Å². The molecule has 1 saturated heterocycles. The van der Waals surface area contributed by atoms with Gasteiger partial charge in [-0.2, -0.15) is 0 Å². The zero-order valence-corrected chi connectivity index (χ0v) is 10.1. The van der Waals surface area contributed by atoms with E-state index in [1.807, 2.05) is 0 Å². The van der Waals surface area contributed by atoms with E-state index in [1.54, 1.807) is 0 Å². The molecule has 0 unspecified atom stereocenters. The van der Waals surface area contributed by atoms with E-state index in [1.165, 1.54) is 13.3 Å². The van der Waals surface area contributed by atoms with E-state index < -0.39 is 36.6 Å². The Balaban J connectivity index is 2.14. The van der Waals surface area contributed by atoms with Crippen LogP contribution in [0.4, 0.5) is 0 Å². The number of carbonyl (C=O) groups excluding carboxylic acids is 1. The fourth-order valence-corrected chi connectivity index (χ4v) is 1.77. The monoisotopic (exact) mass is 273 g/mol. The Morgan fingerprint density at radius 1 is 1.42 bits per heavy atom. The maximum Gasteiger partial charge on any atom is 0.270 e. The van der Waals surface area contributed by atoms with E-state index in [2.05, 4.69) is 9.97 Å². The van der Waals surface area contributed by atoms with Crippen LogP contribution in [0.15, 0.2) is 6.33 Å². The average Bonchev–Trinajstić information content (AvgIpc) is 2.81. The number of primary amides is 1. The first-order chi connectivity index (χ1) is 8.91. The lowest BCUT2D eigenvalue weighted by molar-refractivity contribution is -0.268. The maximum atomic E-state index is 11.1. The fourth-order valence-electron chi connectivity index (χ4n) is 1.77. The normalized spacial score (nSPS) is 35.1. The lowest BCUT2D eigenvalue weighted by Crippen LogP contribution is -2.58. The molecule has 1 fully saturated rings. The molecule has 19 heavy (non-hydrogen) atoms. The lowest BCUT2D eigenvalue weighted by Gasteiger charge is -2.38. The van der Waals surface area contributed by atoms with Crippen molar-refractivity contribution in [2.24, 2.45) is 5.73 Å². The number of rotatable bonds is 3. The highest BCUT2D eigenvalue weighted by Crippen LogP contribution is 2.24. The van der Waals surface area contributed by atoms with Gasteiger partial charge in [0.2, 0.25) is 12.2 Å². The van der Waals surface area contributed by atoms with Gasteiger partial charge in [0.25, 0.3) is 5.91 Å². The van der Waals surface area contributed by atoms with Gasteiger partial charge in [0.05, 0.1) is 12.4 Å². The number of nitrogens with two attached hydrogens (primary N) is 1. The zero-order valence-electron chi connectivity index (χ0n) is 10.1. The molecule has 6 N–H and O–H groups in total. The predicted molar refractivity (Wildman–Crippen MR) is 60.1 cm³/mol. The van der Waals surface area contributed by atoms with Gasteiger partial charge in [-0.05, 0) is 6.92 Å². The van der Waals surface area contributed by atoms with E-state index >= 15 is 0 Å². The number of aliphatic hydroxyl groups is 3. The summed E-state index contributed by atoms with van der Waals surface area (Å²) in [5.41, 5.74) is 5.01. The Labute approximate surface area is 108 Å². The third-order valence-corrected chi connectivity index (χ3v) is 2.89. The predicted octanol–water partition coefficient (Wildman–Crippen LogP) is -2.29. The topological polar surface area (TPSA) is 151 Å². The summed E-state index contributed by atoms with van der Waals surface area (Å²) >= 11 is 0. The summed E-state index contributed by atoms with van der Waals surface area (Å²) in [6, 6.07) is 0. The molecule has 1 aromatic rings. The third-order valence-electron chi connectivity index (χ3n) is 2.89. The molecule has 106 valence electrons. The highest BCUT2D eigenvalue weighted by molar-refractivity contribution is 5.93. The second kappa shape index (κ2) is 5.13. The minimum atomic E-state index is -1.48. The molecule has 1 aromatic heterocycles. The Hall–Kier alpha value is -1.68. The summed E-state index contributed by atoms with van der Waals surface area (Å²) in [6.45, 7) is 1.51. The standard InChI is InChI=1S/C10H15N3O6/c1-3-5(14)6(15)7(16)10(18-3)19-9-4(8(11)17)12-2-13-9/h2-3,5-7,10,14-16H,1H3,(H2,11,17)(H,12,13)/t3-,5-,6+,7+,10-/m0/s1. The van der Waals surface area contributed by atoms with Crippen LogP contribution >= 0.6 is 0 Å². The van der Waals surface area contributed by atoms with Crippen molar-refractivity contribution >= 4 is 5.91 Å². The van der Waals surface area contributed by atoms with Gasteiger partial charge in [-0.3, -0.25) is 4.79 Å². The number of carbonyl (C=O) groups is 1. The molecule has 1 aliphatic rings. The van der Waals surface area contributed by atoms with Gasteiger partial charge in [0, 0.05) is 0 Å². The second-order valence-electron chi connectivity index (χ2n) is 4.25. The minimum Gasteiger partial charge on any atom is -0.443 e. The average molecular weight is 273 g/mol. The Kier molecular flexibility index (Phi) is 3.71. The number of hydrogen-bond acceptors (Lipinski definition) is 7.